The number of thiocarbonyl (C=S) groups is 1. The molecule has 2 aromatic carbocycles. The van der Waals surface area contributed by atoms with Crippen LogP contribution in [0.2, 0.25) is 5.02 Å². The number of morpholine rings is 1. The number of aldehydes is 1. The van der Waals surface area contributed by atoms with Gasteiger partial charge in [-0.25, -0.2) is 0 Å². The maximum atomic E-state index is 11.5. The highest BCUT2D eigenvalue weighted by Gasteiger charge is 2.19. The molecular formula is C24H23ClN2O6S2. The third-order valence-electron chi connectivity index (χ3n) is 4.83. The molecule has 3 rings (SSSR count). The number of amides is 1. The third-order valence-corrected chi connectivity index (χ3v) is 6.66. The van der Waals surface area contributed by atoms with E-state index in [0.29, 0.717) is 41.4 Å². The summed E-state index contributed by atoms with van der Waals surface area (Å²) in [6, 6.07) is 12.5. The molecule has 8 nitrogen and oxygen atoms in total. The van der Waals surface area contributed by atoms with Crippen molar-refractivity contribution < 1.29 is 29.0 Å². The van der Waals surface area contributed by atoms with E-state index in [1.165, 1.54) is 4.90 Å². The first kappa shape index (κ1) is 26.7. The Balaban J connectivity index is 1.62. The van der Waals surface area contributed by atoms with E-state index < -0.39 is 5.97 Å². The highest BCUT2D eigenvalue weighted by Crippen LogP contribution is 2.30. The van der Waals surface area contributed by atoms with Gasteiger partial charge in [0.15, 0.2) is 6.29 Å². The number of carboxylic acid groups (broad SMARTS) is 1. The SMILES string of the molecule is CN(CC(=O)O)C(=S)S/C(C=O)=C\c1ccc(Oc2ccc(CC3COCC(=O)N3)cc2)cc1Cl. The molecule has 0 radical (unpaired) electrons. The van der Waals surface area contributed by atoms with Crippen LogP contribution in [0.25, 0.3) is 6.08 Å². The minimum absolute atomic E-state index is 0.0521. The molecule has 0 spiro atoms. The molecule has 1 heterocycles. The molecule has 1 aliphatic rings. The molecule has 1 aliphatic heterocycles. The second-order valence-electron chi connectivity index (χ2n) is 7.70. The van der Waals surface area contributed by atoms with Gasteiger partial charge in [-0.05, 0) is 54.0 Å². The second kappa shape index (κ2) is 12.7. The van der Waals surface area contributed by atoms with Crippen LogP contribution in [0, 0.1) is 0 Å². The van der Waals surface area contributed by atoms with Gasteiger partial charge in [0.05, 0.1) is 22.6 Å². The highest BCUT2D eigenvalue weighted by atomic mass is 35.5. The number of aliphatic carboxylic acids is 1. The molecular weight excluding hydrogens is 512 g/mol. The zero-order chi connectivity index (χ0) is 25.4. The molecule has 11 heteroatoms. The van der Waals surface area contributed by atoms with Crippen LogP contribution in [-0.2, 0) is 25.5 Å². The topological polar surface area (TPSA) is 105 Å². The first-order valence-electron chi connectivity index (χ1n) is 10.5. The lowest BCUT2D eigenvalue weighted by molar-refractivity contribution is -0.137. The number of hydrogen-bond donors (Lipinski definition) is 2. The van der Waals surface area contributed by atoms with Crippen LogP contribution in [0.1, 0.15) is 11.1 Å². The molecule has 0 aromatic heterocycles. The lowest BCUT2D eigenvalue weighted by atomic mass is 10.1. The van der Waals surface area contributed by atoms with Crippen molar-refractivity contribution in [1.29, 1.82) is 0 Å². The number of allylic oxidation sites excluding steroid dienone is 1. The van der Waals surface area contributed by atoms with Crippen molar-refractivity contribution >= 4 is 64.1 Å². The van der Waals surface area contributed by atoms with Crippen LogP contribution >= 0.6 is 35.6 Å². The largest absolute Gasteiger partial charge is 0.480 e. The number of carbonyl (C=O) groups is 3. The molecule has 0 bridgehead atoms. The number of halogens is 1. The van der Waals surface area contributed by atoms with Crippen LogP contribution in [0.3, 0.4) is 0 Å². The average Bonchev–Trinajstić information content (AvgIpc) is 2.81. The van der Waals surface area contributed by atoms with Gasteiger partial charge in [-0.3, -0.25) is 14.4 Å². The first-order valence-corrected chi connectivity index (χ1v) is 12.1. The Labute approximate surface area is 217 Å². The maximum Gasteiger partial charge on any atom is 0.323 e. The number of ether oxygens (including phenoxy) is 2. The summed E-state index contributed by atoms with van der Waals surface area (Å²) in [5.41, 5.74) is 1.63. The summed E-state index contributed by atoms with van der Waals surface area (Å²) in [6.45, 7) is 0.322. The quantitative estimate of drug-likeness (QED) is 0.282. The smallest absolute Gasteiger partial charge is 0.323 e. The maximum absolute atomic E-state index is 11.5. The van der Waals surface area contributed by atoms with Crippen LogP contribution in [0.4, 0.5) is 0 Å². The number of rotatable bonds is 9. The normalized spacial score (nSPS) is 15.8. The number of nitrogens with one attached hydrogen (secondary N) is 1. The molecule has 0 aliphatic carbocycles. The number of nitrogens with zero attached hydrogens (tertiary/aromatic N) is 1. The summed E-state index contributed by atoms with van der Waals surface area (Å²) < 4.78 is 11.4. The fourth-order valence-corrected chi connectivity index (χ4v) is 4.44. The number of carboxylic acids is 1. The van der Waals surface area contributed by atoms with E-state index in [1.807, 2.05) is 24.3 Å². The van der Waals surface area contributed by atoms with Gasteiger partial charge in [0.2, 0.25) is 5.91 Å². The number of thioether (sulfide) groups is 1. The van der Waals surface area contributed by atoms with Gasteiger partial charge in [0, 0.05) is 7.05 Å². The van der Waals surface area contributed by atoms with Crippen molar-refractivity contribution in [2.24, 2.45) is 0 Å². The van der Waals surface area contributed by atoms with Crippen molar-refractivity contribution in [1.82, 2.24) is 10.2 Å². The van der Waals surface area contributed by atoms with Gasteiger partial charge in [-0.1, -0.05) is 47.7 Å². The molecule has 1 saturated heterocycles. The number of benzene rings is 2. The van der Waals surface area contributed by atoms with Gasteiger partial charge < -0.3 is 24.8 Å². The molecule has 0 saturated carbocycles. The standard InChI is InChI=1S/C24H23ClN2O6S2/c1-27(11-23(30)31)24(34)35-20(12-28)9-16-4-7-19(10-21(16)25)33-18-5-2-15(3-6-18)8-17-13-32-14-22(29)26-17/h2-7,9-10,12,17H,8,11,13-14H2,1H3,(H,26,29)(H,30,31)/b20-9-. The highest BCUT2D eigenvalue weighted by molar-refractivity contribution is 8.26. The van der Waals surface area contributed by atoms with E-state index in [-0.39, 0.29) is 34.3 Å². The first-order chi connectivity index (χ1) is 16.7. The molecule has 35 heavy (non-hydrogen) atoms. The van der Waals surface area contributed by atoms with Crippen molar-refractivity contribution in [2.75, 3.05) is 26.8 Å². The van der Waals surface area contributed by atoms with E-state index in [0.717, 1.165) is 17.3 Å². The zero-order valence-corrected chi connectivity index (χ0v) is 21.1. The average molecular weight is 535 g/mol. The number of likely N-dealkylation sites (N-methyl/N-ethyl adjacent to an activating group) is 1. The van der Waals surface area contributed by atoms with Crippen molar-refractivity contribution in [3.05, 3.63) is 63.5 Å². The minimum atomic E-state index is -1.02. The van der Waals surface area contributed by atoms with Crippen LogP contribution in [0.5, 0.6) is 11.5 Å². The Morgan fingerprint density at radius 2 is 2.03 bits per heavy atom. The zero-order valence-electron chi connectivity index (χ0n) is 18.7. The van der Waals surface area contributed by atoms with E-state index in [4.69, 9.17) is 38.4 Å². The Bertz CT molecular complexity index is 1140. The summed E-state index contributed by atoms with van der Waals surface area (Å²) in [5, 5.41) is 12.1. The van der Waals surface area contributed by atoms with E-state index in [2.05, 4.69) is 5.32 Å². The van der Waals surface area contributed by atoms with Gasteiger partial charge in [0.25, 0.3) is 0 Å². The summed E-state index contributed by atoms with van der Waals surface area (Å²) >= 11 is 12.6. The Hall–Kier alpha value is -2.92. The fraction of sp³-hybridized carbons (Fsp3) is 0.250. The predicted molar refractivity (Wildman–Crippen MR) is 139 cm³/mol. The minimum Gasteiger partial charge on any atom is -0.480 e. The lowest BCUT2D eigenvalue weighted by Gasteiger charge is -2.23. The van der Waals surface area contributed by atoms with Crippen LogP contribution in [-0.4, -0.2) is 65.3 Å². The molecule has 1 amide bonds. The van der Waals surface area contributed by atoms with Crippen LogP contribution in [0.15, 0.2) is 47.4 Å². The van der Waals surface area contributed by atoms with Crippen molar-refractivity contribution in [3.63, 3.8) is 0 Å². The van der Waals surface area contributed by atoms with Crippen LogP contribution < -0.4 is 10.1 Å². The van der Waals surface area contributed by atoms with Gasteiger partial charge in [0.1, 0.15) is 29.0 Å². The second-order valence-corrected chi connectivity index (χ2v) is 9.81. The summed E-state index contributed by atoms with van der Waals surface area (Å²) in [6.07, 6.45) is 2.87. The molecule has 1 unspecified atom stereocenters. The molecule has 1 atom stereocenters. The molecule has 2 N–H and O–H groups in total. The van der Waals surface area contributed by atoms with Gasteiger partial charge >= 0.3 is 5.97 Å². The Morgan fingerprint density at radius 3 is 2.66 bits per heavy atom. The van der Waals surface area contributed by atoms with Gasteiger partial charge in [-0.15, -0.1) is 0 Å². The molecule has 2 aromatic rings. The van der Waals surface area contributed by atoms with Crippen molar-refractivity contribution in [3.8, 4) is 11.5 Å². The van der Waals surface area contributed by atoms with E-state index in [1.54, 1.807) is 31.3 Å². The predicted octanol–water partition coefficient (Wildman–Crippen LogP) is 3.76. The summed E-state index contributed by atoms with van der Waals surface area (Å²) in [4.78, 5) is 35.4. The summed E-state index contributed by atoms with van der Waals surface area (Å²) in [7, 11) is 1.54. The lowest BCUT2D eigenvalue weighted by Crippen LogP contribution is -2.46. The van der Waals surface area contributed by atoms with Crippen molar-refractivity contribution in [2.45, 2.75) is 12.5 Å². The van der Waals surface area contributed by atoms with E-state index >= 15 is 0 Å². The Morgan fingerprint density at radius 1 is 1.31 bits per heavy atom. The van der Waals surface area contributed by atoms with E-state index in [9.17, 15) is 14.4 Å². The molecule has 1 fully saturated rings. The fourth-order valence-electron chi connectivity index (χ4n) is 3.20. The van der Waals surface area contributed by atoms with Gasteiger partial charge in [-0.2, -0.15) is 0 Å². The number of hydrogen-bond acceptors (Lipinski definition) is 7. The summed E-state index contributed by atoms with van der Waals surface area (Å²) in [5.74, 6) is 0.00833. The number of carbonyl (C=O) groups excluding carboxylic acids is 2. The third kappa shape index (κ3) is 8.36. The molecule has 184 valence electrons. The Kier molecular flexibility index (Phi) is 9.67. The monoisotopic (exact) mass is 534 g/mol.